The van der Waals surface area contributed by atoms with Crippen molar-refractivity contribution in [3.63, 3.8) is 0 Å². The molecule has 0 radical (unpaired) electrons. The third kappa shape index (κ3) is 9.41. The molecule has 0 aliphatic carbocycles. The third-order valence-electron chi connectivity index (χ3n) is 7.07. The lowest BCUT2D eigenvalue weighted by Gasteiger charge is -2.26. The molecule has 5 aromatic rings. The highest BCUT2D eigenvalue weighted by atomic mass is 35.5. The molecule has 6 rings (SSSR count). The summed E-state index contributed by atoms with van der Waals surface area (Å²) in [6.07, 6.45) is 2.51. The highest BCUT2D eigenvalue weighted by Gasteiger charge is 2.20. The Bertz CT molecular complexity index is 2330. The van der Waals surface area contributed by atoms with E-state index in [0.717, 1.165) is 12.1 Å². The van der Waals surface area contributed by atoms with Crippen LogP contribution in [0, 0.1) is 0 Å². The first-order valence-electron chi connectivity index (χ1n) is 14.7. The van der Waals surface area contributed by atoms with Crippen molar-refractivity contribution in [1.29, 1.82) is 0 Å². The van der Waals surface area contributed by atoms with Gasteiger partial charge >= 0.3 is 0 Å². The molecular weight excluding hydrogens is 747 g/mol. The fourth-order valence-corrected chi connectivity index (χ4v) is 6.53. The Morgan fingerprint density at radius 3 is 1.61 bits per heavy atom. The van der Waals surface area contributed by atoms with E-state index in [-0.39, 0.29) is 50.9 Å². The summed E-state index contributed by atoms with van der Waals surface area (Å²) in [6.45, 7) is 2.04. The van der Waals surface area contributed by atoms with Crippen LogP contribution in [-0.4, -0.2) is 82.1 Å². The molecule has 1 fully saturated rings. The second kappa shape index (κ2) is 15.1. The van der Waals surface area contributed by atoms with Gasteiger partial charge in [-0.05, 0) is 70.7 Å². The van der Waals surface area contributed by atoms with Gasteiger partial charge in [0.25, 0.3) is 20.2 Å². The maximum absolute atomic E-state index is 12.4. The van der Waals surface area contributed by atoms with Gasteiger partial charge in [0.2, 0.25) is 34.4 Å². The number of nitrogens with one attached hydrogen (secondary N) is 3. The molecule has 264 valence electrons. The van der Waals surface area contributed by atoms with Gasteiger partial charge in [0.05, 0.1) is 13.2 Å². The predicted octanol–water partition coefficient (Wildman–Crippen LogP) is 5.09. The molecule has 1 aliphatic heterocycles. The number of rotatable bonds is 11. The van der Waals surface area contributed by atoms with E-state index in [9.17, 15) is 25.9 Å². The van der Waals surface area contributed by atoms with Crippen LogP contribution in [0.25, 0.3) is 12.2 Å². The van der Waals surface area contributed by atoms with Crippen LogP contribution in [0.5, 0.6) is 0 Å². The van der Waals surface area contributed by atoms with Crippen molar-refractivity contribution in [2.24, 2.45) is 0 Å². The molecule has 0 amide bonds. The van der Waals surface area contributed by atoms with E-state index in [1.165, 1.54) is 36.4 Å². The normalized spacial score (nSPS) is 13.7. The molecule has 0 bridgehead atoms. The lowest BCUT2D eigenvalue weighted by molar-refractivity contribution is 0.122. The van der Waals surface area contributed by atoms with Crippen LogP contribution in [0.15, 0.2) is 76.5 Å². The molecule has 1 aliphatic rings. The zero-order valence-corrected chi connectivity index (χ0v) is 29.1. The second-order valence-corrected chi connectivity index (χ2v) is 14.1. The number of benzene rings is 3. The van der Waals surface area contributed by atoms with Crippen LogP contribution in [0.3, 0.4) is 0 Å². The molecule has 0 spiro atoms. The van der Waals surface area contributed by atoms with Crippen LogP contribution in [0.2, 0.25) is 10.6 Å². The fourth-order valence-electron chi connectivity index (χ4n) is 4.80. The first-order valence-corrected chi connectivity index (χ1v) is 18.4. The van der Waals surface area contributed by atoms with Crippen molar-refractivity contribution >= 4 is 96.4 Å². The van der Waals surface area contributed by atoms with Gasteiger partial charge in [-0.3, -0.25) is 9.11 Å². The molecule has 17 nitrogen and oxygen atoms in total. The van der Waals surface area contributed by atoms with Crippen molar-refractivity contribution in [2.75, 3.05) is 47.2 Å². The fraction of sp³-hybridized carbons (Fsp3) is 0.133. The van der Waals surface area contributed by atoms with Gasteiger partial charge < -0.3 is 25.6 Å². The molecule has 1 saturated heterocycles. The van der Waals surface area contributed by atoms with Gasteiger partial charge in [0, 0.05) is 30.2 Å². The minimum absolute atomic E-state index is 0.00695. The Morgan fingerprint density at radius 1 is 0.627 bits per heavy atom. The average Bonchev–Trinajstić information content (AvgIpc) is 3.07. The van der Waals surface area contributed by atoms with Crippen molar-refractivity contribution in [3.05, 3.63) is 88.4 Å². The van der Waals surface area contributed by atoms with Crippen molar-refractivity contribution < 1.29 is 30.7 Å². The minimum Gasteiger partial charge on any atom is -0.378 e. The molecule has 0 unspecified atom stereocenters. The van der Waals surface area contributed by atoms with Crippen molar-refractivity contribution in [2.45, 2.75) is 9.79 Å². The number of hydrogen-bond donors (Lipinski definition) is 5. The molecule has 2 aromatic heterocycles. The third-order valence-corrected chi connectivity index (χ3v) is 9.22. The van der Waals surface area contributed by atoms with E-state index in [1.54, 1.807) is 12.1 Å². The van der Waals surface area contributed by atoms with Gasteiger partial charge in [0.15, 0.2) is 0 Å². The number of aromatic nitrogens is 6. The summed E-state index contributed by atoms with van der Waals surface area (Å²) < 4.78 is 75.1. The first-order chi connectivity index (χ1) is 24.3. The van der Waals surface area contributed by atoms with E-state index in [0.29, 0.717) is 37.9 Å². The molecule has 51 heavy (non-hydrogen) atoms. The van der Waals surface area contributed by atoms with Crippen LogP contribution in [0.1, 0.15) is 11.1 Å². The van der Waals surface area contributed by atoms with E-state index in [1.807, 2.05) is 23.1 Å². The summed E-state index contributed by atoms with van der Waals surface area (Å²) in [5, 5.41) is 8.43. The Kier molecular flexibility index (Phi) is 10.6. The average molecular weight is 774 g/mol. The number of morpholine rings is 1. The van der Waals surface area contributed by atoms with Crippen LogP contribution >= 0.6 is 23.2 Å². The van der Waals surface area contributed by atoms with Gasteiger partial charge in [-0.15, -0.1) is 0 Å². The van der Waals surface area contributed by atoms with Gasteiger partial charge in [0.1, 0.15) is 9.79 Å². The molecule has 3 aromatic carbocycles. The zero-order valence-electron chi connectivity index (χ0n) is 26.0. The number of nitrogens with zero attached hydrogens (tertiary/aromatic N) is 7. The molecule has 5 N–H and O–H groups in total. The lowest BCUT2D eigenvalue weighted by atomic mass is 10.1. The maximum atomic E-state index is 12.4. The first kappa shape index (κ1) is 35.8. The van der Waals surface area contributed by atoms with Gasteiger partial charge in [-0.25, -0.2) is 0 Å². The van der Waals surface area contributed by atoms with Crippen LogP contribution in [-0.2, 0) is 25.0 Å². The van der Waals surface area contributed by atoms with Gasteiger partial charge in [-0.1, -0.05) is 42.5 Å². The Labute approximate surface area is 301 Å². The van der Waals surface area contributed by atoms with Crippen molar-refractivity contribution in [3.8, 4) is 0 Å². The van der Waals surface area contributed by atoms with E-state index in [4.69, 9.17) is 27.9 Å². The standard InChI is InChI=1S/C30H26Cl2N10O7S2/c31-25-36-27(33-20-4-2-1-3-5-20)40-28(37-25)34-21-10-8-18(23(16-21)50(43,44)45)6-7-19-9-11-22(17-24(19)51(46,47)48)35-29-38-26(32)39-30(41-29)42-12-14-49-15-13-42/h1-11,16-17H,12-15H2,(H,43,44,45)(H,46,47,48)(H,35,38,39,41)(H2,33,34,36,37,40)/b7-6+. The molecule has 21 heteroatoms. The zero-order chi connectivity index (χ0) is 36.2. The van der Waals surface area contributed by atoms with E-state index < -0.39 is 30.0 Å². The molecular formula is C30H26Cl2N10O7S2. The number of halogens is 2. The largest absolute Gasteiger partial charge is 0.378 e. The van der Waals surface area contributed by atoms with E-state index in [2.05, 4.69) is 45.9 Å². The predicted molar refractivity (Wildman–Crippen MR) is 190 cm³/mol. The smallest absolute Gasteiger partial charge is 0.295 e. The van der Waals surface area contributed by atoms with Crippen molar-refractivity contribution in [1.82, 2.24) is 29.9 Å². The lowest BCUT2D eigenvalue weighted by Crippen LogP contribution is -2.37. The quantitative estimate of drug-likeness (QED) is 0.0868. The van der Waals surface area contributed by atoms with Gasteiger partial charge in [-0.2, -0.15) is 46.7 Å². The molecule has 0 saturated carbocycles. The summed E-state index contributed by atoms with van der Waals surface area (Å²) in [7, 11) is -9.60. The maximum Gasteiger partial charge on any atom is 0.295 e. The number of anilines is 7. The topological polar surface area (TPSA) is 235 Å². The monoisotopic (exact) mass is 772 g/mol. The highest BCUT2D eigenvalue weighted by molar-refractivity contribution is 7.86. The Balaban J connectivity index is 1.25. The highest BCUT2D eigenvalue weighted by Crippen LogP contribution is 2.28. The summed E-state index contributed by atoms with van der Waals surface area (Å²) in [5.41, 5.74) is 1.01. The van der Waals surface area contributed by atoms with Crippen LogP contribution < -0.4 is 20.9 Å². The minimum atomic E-state index is -4.81. The summed E-state index contributed by atoms with van der Waals surface area (Å²) in [5.74, 6) is 0.411. The summed E-state index contributed by atoms with van der Waals surface area (Å²) in [6, 6.07) is 17.0. The second-order valence-electron chi connectivity index (χ2n) is 10.6. The molecule has 3 heterocycles. The Morgan fingerprint density at radius 2 is 1.10 bits per heavy atom. The van der Waals surface area contributed by atoms with Crippen LogP contribution in [0.4, 0.5) is 40.9 Å². The van der Waals surface area contributed by atoms with E-state index >= 15 is 0 Å². The summed E-state index contributed by atoms with van der Waals surface area (Å²) in [4.78, 5) is 25.6. The molecule has 0 atom stereocenters. The summed E-state index contributed by atoms with van der Waals surface area (Å²) >= 11 is 12.2. The Hall–Kier alpha value is -5.02. The number of hydrogen-bond acceptors (Lipinski definition) is 15. The number of para-hydroxylation sites is 1. The number of ether oxygens (including phenoxy) is 1. The SMILES string of the molecule is O=S(=O)(O)c1cc(Nc2nc(Cl)nc(Nc3ccccc3)n2)ccc1/C=C/c1ccc(Nc2nc(Cl)nc(N3CCOCC3)n2)cc1S(=O)(=O)O.